The lowest BCUT2D eigenvalue weighted by molar-refractivity contribution is 0.383. The molecule has 29 heavy (non-hydrogen) atoms. The average molecular weight is 511 g/mol. The van der Waals surface area contributed by atoms with Gasteiger partial charge >= 0.3 is 0 Å². The highest BCUT2D eigenvalue weighted by atomic mass is 127. The topological polar surface area (TPSA) is 65.7 Å². The molecule has 7 heteroatoms. The number of hydrogen-bond acceptors (Lipinski definition) is 4. The molecule has 1 aliphatic heterocycles. The summed E-state index contributed by atoms with van der Waals surface area (Å²) in [5.41, 5.74) is 2.75. The van der Waals surface area contributed by atoms with Crippen LogP contribution in [0.3, 0.4) is 0 Å². The quantitative estimate of drug-likeness (QED) is 0.348. The van der Waals surface area contributed by atoms with Crippen molar-refractivity contribution in [3.05, 3.63) is 47.7 Å². The van der Waals surface area contributed by atoms with Gasteiger partial charge in [-0.05, 0) is 31.9 Å². The average Bonchev–Trinajstić information content (AvgIpc) is 3.30. The summed E-state index contributed by atoms with van der Waals surface area (Å²) in [5, 5.41) is 6.77. The second-order valence-electron chi connectivity index (χ2n) is 8.37. The van der Waals surface area contributed by atoms with Crippen molar-refractivity contribution in [3.8, 4) is 0 Å². The van der Waals surface area contributed by atoms with E-state index in [-0.39, 0.29) is 29.4 Å². The lowest BCUT2D eigenvalue weighted by Crippen LogP contribution is -2.45. The zero-order valence-electron chi connectivity index (χ0n) is 18.2. The fourth-order valence-electron chi connectivity index (χ4n) is 3.39. The number of aromatic nitrogens is 1. The summed E-state index contributed by atoms with van der Waals surface area (Å²) in [6.45, 7) is 13.8. The van der Waals surface area contributed by atoms with Crippen LogP contribution in [-0.4, -0.2) is 36.6 Å². The first-order valence-electron chi connectivity index (χ1n) is 10.2. The Bertz CT molecular complexity index is 812. The smallest absolute Gasteiger partial charge is 0.216 e. The van der Waals surface area contributed by atoms with Crippen molar-refractivity contribution in [2.75, 3.05) is 24.5 Å². The summed E-state index contributed by atoms with van der Waals surface area (Å²) in [6, 6.07) is 9.05. The number of benzene rings is 1. The molecule has 2 aromatic rings. The van der Waals surface area contributed by atoms with E-state index in [0.29, 0.717) is 18.5 Å². The van der Waals surface area contributed by atoms with Crippen molar-refractivity contribution in [1.29, 1.82) is 0 Å². The summed E-state index contributed by atoms with van der Waals surface area (Å²) in [6.07, 6.45) is 2.92. The van der Waals surface area contributed by atoms with Crippen LogP contribution in [0, 0.1) is 0 Å². The van der Waals surface area contributed by atoms with Gasteiger partial charge in [0.05, 0.1) is 6.20 Å². The van der Waals surface area contributed by atoms with Gasteiger partial charge in [0.1, 0.15) is 12.3 Å². The molecule has 2 N–H and O–H groups in total. The van der Waals surface area contributed by atoms with E-state index in [1.165, 1.54) is 11.3 Å². The van der Waals surface area contributed by atoms with Gasteiger partial charge in [-0.25, -0.2) is 9.98 Å². The van der Waals surface area contributed by atoms with Gasteiger partial charge in [-0.2, -0.15) is 0 Å². The Kier molecular flexibility index (Phi) is 8.36. The van der Waals surface area contributed by atoms with Crippen LogP contribution in [0.1, 0.15) is 51.8 Å². The SMILES string of the molecule is CCNC(=NCc1ncc(C(C)(C)C)o1)NCC(C)N1CCc2ccccc21.I. The number of para-hydroxylation sites is 1. The molecule has 0 radical (unpaired) electrons. The second kappa shape index (κ2) is 10.3. The van der Waals surface area contributed by atoms with E-state index in [4.69, 9.17) is 4.42 Å². The molecule has 1 aliphatic rings. The monoisotopic (exact) mass is 511 g/mol. The number of nitrogens with zero attached hydrogens (tertiary/aromatic N) is 3. The fourth-order valence-corrected chi connectivity index (χ4v) is 3.39. The number of fused-ring (bicyclic) bond motifs is 1. The molecule has 0 saturated carbocycles. The van der Waals surface area contributed by atoms with Gasteiger partial charge in [0.2, 0.25) is 5.89 Å². The van der Waals surface area contributed by atoms with Gasteiger partial charge in [0.15, 0.2) is 5.96 Å². The van der Waals surface area contributed by atoms with Crippen LogP contribution >= 0.6 is 24.0 Å². The molecular formula is C22H34IN5O. The molecule has 2 heterocycles. The standard InChI is InChI=1S/C22H33N5O.HI/c1-6-23-21(26-15-20-24-14-19(28-20)22(3,4)5)25-13-16(2)27-12-11-17-9-7-8-10-18(17)27;/h7-10,14,16H,6,11-13,15H2,1-5H3,(H2,23,25,26);1H. The fraction of sp³-hybridized carbons (Fsp3) is 0.545. The van der Waals surface area contributed by atoms with Gasteiger partial charge in [0, 0.05) is 36.8 Å². The molecule has 0 amide bonds. The van der Waals surface area contributed by atoms with Crippen molar-refractivity contribution in [1.82, 2.24) is 15.6 Å². The molecule has 0 bridgehead atoms. The molecular weight excluding hydrogens is 477 g/mol. The molecule has 0 fully saturated rings. The number of aliphatic imine (C=N–C) groups is 1. The number of halogens is 1. The Balaban J connectivity index is 0.00000300. The van der Waals surface area contributed by atoms with Crippen LogP contribution in [0.5, 0.6) is 0 Å². The minimum Gasteiger partial charge on any atom is -0.443 e. The molecule has 3 rings (SSSR count). The minimum atomic E-state index is -0.0425. The van der Waals surface area contributed by atoms with Crippen LogP contribution in [0.15, 0.2) is 39.9 Å². The first kappa shape index (κ1) is 23.5. The normalized spacial score (nSPS) is 14.9. The summed E-state index contributed by atoms with van der Waals surface area (Å²) in [5.74, 6) is 2.32. The van der Waals surface area contributed by atoms with Gasteiger partial charge in [-0.15, -0.1) is 24.0 Å². The van der Waals surface area contributed by atoms with Crippen molar-refractivity contribution in [2.24, 2.45) is 4.99 Å². The Morgan fingerprint density at radius 2 is 2.03 bits per heavy atom. The highest BCUT2D eigenvalue weighted by Crippen LogP contribution is 2.28. The van der Waals surface area contributed by atoms with Crippen molar-refractivity contribution < 1.29 is 4.42 Å². The minimum absolute atomic E-state index is 0. The highest BCUT2D eigenvalue weighted by Gasteiger charge is 2.23. The number of oxazole rings is 1. The maximum Gasteiger partial charge on any atom is 0.216 e. The maximum absolute atomic E-state index is 5.84. The third-order valence-corrected chi connectivity index (χ3v) is 5.03. The van der Waals surface area contributed by atoms with Crippen molar-refractivity contribution >= 4 is 35.6 Å². The zero-order chi connectivity index (χ0) is 20.1. The van der Waals surface area contributed by atoms with Crippen molar-refractivity contribution in [3.63, 3.8) is 0 Å². The number of hydrogen-bond donors (Lipinski definition) is 2. The van der Waals surface area contributed by atoms with Crippen LogP contribution in [0.25, 0.3) is 0 Å². The van der Waals surface area contributed by atoms with E-state index in [2.05, 4.69) is 84.4 Å². The Morgan fingerprint density at radius 3 is 2.72 bits per heavy atom. The molecule has 160 valence electrons. The maximum atomic E-state index is 5.84. The van der Waals surface area contributed by atoms with Crippen LogP contribution < -0.4 is 15.5 Å². The molecule has 1 unspecified atom stereocenters. The molecule has 1 aromatic carbocycles. The van der Waals surface area contributed by atoms with Crippen LogP contribution in [0.2, 0.25) is 0 Å². The number of anilines is 1. The zero-order valence-corrected chi connectivity index (χ0v) is 20.5. The van der Waals surface area contributed by atoms with Crippen LogP contribution in [-0.2, 0) is 18.4 Å². The number of nitrogens with one attached hydrogen (secondary N) is 2. The van der Waals surface area contributed by atoms with Crippen LogP contribution in [0.4, 0.5) is 5.69 Å². The first-order valence-corrected chi connectivity index (χ1v) is 10.2. The van der Waals surface area contributed by atoms with E-state index in [9.17, 15) is 0 Å². The molecule has 1 aromatic heterocycles. The molecule has 0 aliphatic carbocycles. The van der Waals surface area contributed by atoms with E-state index < -0.39 is 0 Å². The molecule has 6 nitrogen and oxygen atoms in total. The first-order chi connectivity index (χ1) is 13.4. The molecule has 0 saturated heterocycles. The predicted molar refractivity (Wildman–Crippen MR) is 130 cm³/mol. The summed E-state index contributed by atoms with van der Waals surface area (Å²) < 4.78 is 5.84. The predicted octanol–water partition coefficient (Wildman–Crippen LogP) is 4.10. The summed E-state index contributed by atoms with van der Waals surface area (Å²) in [4.78, 5) is 11.5. The molecule has 0 spiro atoms. The van der Waals surface area contributed by atoms with Crippen molar-refractivity contribution in [2.45, 2.75) is 59.0 Å². The largest absolute Gasteiger partial charge is 0.443 e. The van der Waals surface area contributed by atoms with Gasteiger partial charge in [-0.3, -0.25) is 0 Å². The molecule has 1 atom stereocenters. The second-order valence-corrected chi connectivity index (χ2v) is 8.37. The van der Waals surface area contributed by atoms with E-state index >= 15 is 0 Å². The van der Waals surface area contributed by atoms with Gasteiger partial charge in [0.25, 0.3) is 0 Å². The number of rotatable bonds is 6. The van der Waals surface area contributed by atoms with Gasteiger partial charge < -0.3 is 20.0 Å². The Labute approximate surface area is 191 Å². The van der Waals surface area contributed by atoms with E-state index in [1.54, 1.807) is 6.20 Å². The Morgan fingerprint density at radius 1 is 1.28 bits per heavy atom. The highest BCUT2D eigenvalue weighted by molar-refractivity contribution is 14.0. The lowest BCUT2D eigenvalue weighted by atomic mass is 9.94. The number of guanidine groups is 1. The summed E-state index contributed by atoms with van der Waals surface area (Å²) in [7, 11) is 0. The van der Waals surface area contributed by atoms with Gasteiger partial charge in [-0.1, -0.05) is 39.0 Å². The van der Waals surface area contributed by atoms with E-state index in [1.807, 2.05) is 0 Å². The third-order valence-electron chi connectivity index (χ3n) is 5.03. The Hall–Kier alpha value is -1.77. The lowest BCUT2D eigenvalue weighted by Gasteiger charge is -2.28. The third kappa shape index (κ3) is 6.10. The van der Waals surface area contributed by atoms with E-state index in [0.717, 1.165) is 37.8 Å². The summed E-state index contributed by atoms with van der Waals surface area (Å²) >= 11 is 0.